The molecule has 1 nitrogen and oxygen atoms in total. The zero-order valence-corrected chi connectivity index (χ0v) is 19.4. The Morgan fingerprint density at radius 3 is 1.83 bits per heavy atom. The van der Waals surface area contributed by atoms with Crippen molar-refractivity contribution in [1.29, 1.82) is 0 Å². The highest BCUT2D eigenvalue weighted by Crippen LogP contribution is 2.41. The van der Waals surface area contributed by atoms with Gasteiger partial charge in [0.05, 0.1) is 6.10 Å². The molecular weight excluding hydrogens is 312 g/mol. The van der Waals surface area contributed by atoms with Gasteiger partial charge in [-0.25, -0.2) is 0 Å². The van der Waals surface area contributed by atoms with Crippen LogP contribution in [-0.2, 0) is 4.43 Å². The minimum Gasteiger partial charge on any atom is -0.412 e. The van der Waals surface area contributed by atoms with Gasteiger partial charge in [0.1, 0.15) is 8.07 Å². The Labute approximate surface area is 148 Å². The van der Waals surface area contributed by atoms with Crippen LogP contribution in [0.1, 0.15) is 54.4 Å². The summed E-state index contributed by atoms with van der Waals surface area (Å²) < 4.78 is 6.73. The lowest BCUT2D eigenvalue weighted by Gasteiger charge is -2.43. The van der Waals surface area contributed by atoms with Crippen LogP contribution in [0, 0.1) is 28.7 Å². The number of hydrogen-bond acceptors (Lipinski definition) is 1. The Hall–Kier alpha value is -0.486. The van der Waals surface area contributed by atoms with Crippen molar-refractivity contribution >= 4 is 16.4 Å². The van der Waals surface area contributed by atoms with Crippen LogP contribution in [0.5, 0.6) is 0 Å². The minimum absolute atomic E-state index is 0.0199. The fourth-order valence-corrected chi connectivity index (χ4v) is 3.94. The number of hydrogen-bond donors (Lipinski definition) is 0. The topological polar surface area (TPSA) is 9.23 Å². The normalized spacial score (nSPS) is 14.4. The summed E-state index contributed by atoms with van der Waals surface area (Å²) in [7, 11) is -3.13. The van der Waals surface area contributed by atoms with Crippen LogP contribution in [-0.4, -0.2) is 22.5 Å². The maximum absolute atomic E-state index is 6.73. The maximum Gasteiger partial charge on any atom is 0.192 e. The molecule has 0 saturated carbocycles. The molecule has 0 spiro atoms. The minimum atomic E-state index is -1.81. The molecule has 0 aromatic carbocycles. The zero-order chi connectivity index (χ0) is 18.5. The molecule has 0 aliphatic rings. The van der Waals surface area contributed by atoms with E-state index >= 15 is 0 Å². The van der Waals surface area contributed by atoms with Gasteiger partial charge >= 0.3 is 0 Å². The van der Waals surface area contributed by atoms with E-state index in [-0.39, 0.29) is 16.6 Å². The molecule has 1 unspecified atom stereocenters. The van der Waals surface area contributed by atoms with Crippen LogP contribution in [0.4, 0.5) is 0 Å². The predicted molar refractivity (Wildman–Crippen MR) is 110 cm³/mol. The summed E-state index contributed by atoms with van der Waals surface area (Å²) in [5.41, 5.74) is 3.51. The van der Waals surface area contributed by atoms with Crippen LogP contribution in [0.25, 0.3) is 0 Å². The highest BCUT2D eigenvalue weighted by Gasteiger charge is 2.42. The van der Waals surface area contributed by atoms with Crippen molar-refractivity contribution in [2.45, 2.75) is 98.3 Å². The second kappa shape index (κ2) is 8.06. The van der Waals surface area contributed by atoms with Gasteiger partial charge in [0.2, 0.25) is 0 Å². The first-order valence-electron chi connectivity index (χ1n) is 8.70. The maximum atomic E-state index is 6.73. The summed E-state index contributed by atoms with van der Waals surface area (Å²) in [5.74, 6) is 9.72. The first kappa shape index (κ1) is 22.5. The first-order valence-corrected chi connectivity index (χ1v) is 15.1. The van der Waals surface area contributed by atoms with Crippen molar-refractivity contribution in [1.82, 2.24) is 0 Å². The van der Waals surface area contributed by atoms with Gasteiger partial charge in [-0.2, -0.15) is 0 Å². The third-order valence-corrected chi connectivity index (χ3v) is 10.00. The van der Waals surface area contributed by atoms with Gasteiger partial charge in [-0.1, -0.05) is 54.3 Å². The van der Waals surface area contributed by atoms with Crippen LogP contribution in [0.15, 0.2) is 0 Å². The van der Waals surface area contributed by atoms with E-state index in [0.717, 1.165) is 12.8 Å². The van der Waals surface area contributed by atoms with Crippen LogP contribution >= 0.6 is 0 Å². The van der Waals surface area contributed by atoms with Crippen LogP contribution in [0.2, 0.25) is 37.8 Å². The quantitative estimate of drug-likeness (QED) is 0.431. The molecule has 132 valence electrons. The molecule has 0 rings (SSSR count). The lowest BCUT2D eigenvalue weighted by molar-refractivity contribution is 0.0677. The lowest BCUT2D eigenvalue weighted by Crippen LogP contribution is -2.47. The fraction of sp³-hybridized carbons (Fsp3) is 0.800. The Kier molecular flexibility index (Phi) is 7.89. The van der Waals surface area contributed by atoms with E-state index in [1.54, 1.807) is 0 Å². The lowest BCUT2D eigenvalue weighted by atomic mass is 9.82. The van der Waals surface area contributed by atoms with Crippen molar-refractivity contribution in [2.75, 3.05) is 0 Å². The Morgan fingerprint density at radius 2 is 1.43 bits per heavy atom. The summed E-state index contributed by atoms with van der Waals surface area (Å²) in [6, 6.07) is 0. The average molecular weight is 351 g/mol. The van der Waals surface area contributed by atoms with Crippen molar-refractivity contribution in [3.8, 4) is 23.3 Å². The molecule has 0 amide bonds. The molecule has 0 saturated heterocycles. The van der Waals surface area contributed by atoms with Crippen molar-refractivity contribution in [2.24, 2.45) is 5.41 Å². The van der Waals surface area contributed by atoms with Crippen molar-refractivity contribution in [3.63, 3.8) is 0 Å². The van der Waals surface area contributed by atoms with E-state index in [4.69, 9.17) is 4.43 Å². The van der Waals surface area contributed by atoms with Crippen LogP contribution < -0.4 is 0 Å². The van der Waals surface area contributed by atoms with Crippen molar-refractivity contribution in [3.05, 3.63) is 0 Å². The third kappa shape index (κ3) is 8.25. The average Bonchev–Trinajstić information content (AvgIpc) is 2.30. The second-order valence-electron chi connectivity index (χ2n) is 9.71. The fourth-order valence-electron chi connectivity index (χ4n) is 1.86. The SMILES string of the molecule is CC#CCC(O[Si](C)(C)C(C)(C)C)C(C)(C)CC#C[Si](C)(C)C. The molecule has 23 heavy (non-hydrogen) atoms. The molecule has 0 bridgehead atoms. The summed E-state index contributed by atoms with van der Waals surface area (Å²) >= 11 is 0. The Bertz CT molecular complexity index is 496. The molecule has 0 aromatic heterocycles. The molecule has 0 aromatic rings. The molecule has 0 radical (unpaired) electrons. The predicted octanol–water partition coefficient (Wildman–Crippen LogP) is 6.09. The van der Waals surface area contributed by atoms with E-state index in [1.165, 1.54) is 0 Å². The largest absolute Gasteiger partial charge is 0.412 e. The van der Waals surface area contributed by atoms with Gasteiger partial charge in [0, 0.05) is 18.3 Å². The summed E-state index contributed by atoms with van der Waals surface area (Å²) in [6.45, 7) is 24.9. The summed E-state index contributed by atoms with van der Waals surface area (Å²) in [4.78, 5) is 0. The van der Waals surface area contributed by atoms with E-state index in [9.17, 15) is 0 Å². The van der Waals surface area contributed by atoms with E-state index < -0.39 is 16.4 Å². The smallest absolute Gasteiger partial charge is 0.192 e. The van der Waals surface area contributed by atoms with Crippen molar-refractivity contribution < 1.29 is 4.43 Å². The molecule has 0 fully saturated rings. The first-order chi connectivity index (χ1) is 10.1. The monoisotopic (exact) mass is 350 g/mol. The number of rotatable bonds is 5. The van der Waals surface area contributed by atoms with E-state index in [0.29, 0.717) is 0 Å². The zero-order valence-electron chi connectivity index (χ0n) is 17.4. The molecule has 0 N–H and O–H groups in total. The van der Waals surface area contributed by atoms with Gasteiger partial charge < -0.3 is 4.43 Å². The summed E-state index contributed by atoms with van der Waals surface area (Å²) in [5, 5.41) is 0.213. The summed E-state index contributed by atoms with van der Waals surface area (Å²) in [6.07, 6.45) is 1.82. The van der Waals surface area contributed by atoms with Gasteiger partial charge in [0.15, 0.2) is 8.32 Å². The molecule has 0 aliphatic heterocycles. The Morgan fingerprint density at radius 1 is 0.913 bits per heavy atom. The Balaban J connectivity index is 5.35. The van der Waals surface area contributed by atoms with Gasteiger partial charge in [0.25, 0.3) is 0 Å². The highest BCUT2D eigenvalue weighted by molar-refractivity contribution is 6.83. The standard InChI is InChI=1S/C20H38OSi2/c1-12-13-15-18(21-23(10,11)19(2,3)4)20(5,6)16-14-17-22(7,8)9/h18H,15-16H2,1-11H3. The van der Waals surface area contributed by atoms with Gasteiger partial charge in [-0.15, -0.1) is 23.3 Å². The van der Waals surface area contributed by atoms with Gasteiger partial charge in [-0.05, 0) is 25.1 Å². The third-order valence-electron chi connectivity index (χ3n) is 4.59. The second-order valence-corrected chi connectivity index (χ2v) is 19.2. The van der Waals surface area contributed by atoms with Gasteiger partial charge in [-0.3, -0.25) is 0 Å². The van der Waals surface area contributed by atoms with E-state index in [1.807, 2.05) is 6.92 Å². The molecule has 1 atom stereocenters. The van der Waals surface area contributed by atoms with E-state index in [2.05, 4.69) is 90.7 Å². The molecule has 3 heteroatoms. The van der Waals surface area contributed by atoms with Crippen LogP contribution in [0.3, 0.4) is 0 Å². The molecular formula is C20H38OSi2. The molecule has 0 aliphatic carbocycles. The highest BCUT2D eigenvalue weighted by atomic mass is 28.4. The molecule has 0 heterocycles.